The first-order valence-electron chi connectivity index (χ1n) is 10.0. The van der Waals surface area contributed by atoms with E-state index in [9.17, 15) is 14.4 Å². The van der Waals surface area contributed by atoms with Crippen molar-refractivity contribution in [1.82, 2.24) is 15.5 Å². The van der Waals surface area contributed by atoms with Gasteiger partial charge in [-0.1, -0.05) is 20.8 Å². The van der Waals surface area contributed by atoms with E-state index in [0.717, 1.165) is 6.42 Å². The number of carbonyl (C=O) groups excluding carboxylic acids is 3. The molecule has 9 heteroatoms. The molecule has 0 aliphatic carbocycles. The SMILES string of the molecule is CC(=O)NCCN1C(=O)CC(SCNCOCCC(C)(C)OCC(C)(C)C)C1=O. The van der Waals surface area contributed by atoms with E-state index in [4.69, 9.17) is 9.47 Å². The molecule has 1 unspecified atom stereocenters. The van der Waals surface area contributed by atoms with Crippen molar-refractivity contribution < 1.29 is 23.9 Å². The van der Waals surface area contributed by atoms with Crippen molar-refractivity contribution in [2.75, 3.05) is 38.9 Å². The summed E-state index contributed by atoms with van der Waals surface area (Å²) in [6.45, 7) is 14.1. The van der Waals surface area contributed by atoms with Gasteiger partial charge in [0.15, 0.2) is 0 Å². The molecular weight excluding hydrogens is 394 g/mol. The summed E-state index contributed by atoms with van der Waals surface area (Å²) < 4.78 is 11.6. The first-order chi connectivity index (χ1) is 13.4. The molecule has 0 spiro atoms. The standard InChI is InChI=1S/C20H37N3O5S/c1-15(24)22-8-9-23-17(25)11-16(18(23)26)29-14-21-13-27-10-7-20(5,6)28-12-19(2,3)4/h16,21H,7-14H2,1-6H3,(H,22,24). The Balaban J connectivity index is 2.15. The number of nitrogens with zero attached hydrogens (tertiary/aromatic N) is 1. The lowest BCUT2D eigenvalue weighted by atomic mass is 9.97. The van der Waals surface area contributed by atoms with E-state index in [1.165, 1.54) is 23.6 Å². The van der Waals surface area contributed by atoms with Crippen LogP contribution in [-0.4, -0.2) is 72.4 Å². The molecule has 0 aromatic heterocycles. The van der Waals surface area contributed by atoms with Crippen molar-refractivity contribution in [3.05, 3.63) is 0 Å². The smallest absolute Gasteiger partial charge is 0.242 e. The van der Waals surface area contributed by atoms with Crippen molar-refractivity contribution in [1.29, 1.82) is 0 Å². The van der Waals surface area contributed by atoms with E-state index in [1.54, 1.807) is 0 Å². The van der Waals surface area contributed by atoms with Gasteiger partial charge < -0.3 is 14.8 Å². The minimum absolute atomic E-state index is 0.134. The van der Waals surface area contributed by atoms with E-state index in [-0.39, 0.29) is 53.5 Å². The Labute approximate surface area is 178 Å². The van der Waals surface area contributed by atoms with Crippen LogP contribution in [0.4, 0.5) is 0 Å². The van der Waals surface area contributed by atoms with Crippen LogP contribution in [0.3, 0.4) is 0 Å². The molecule has 168 valence electrons. The molecule has 1 fully saturated rings. The van der Waals surface area contributed by atoms with Crippen LogP contribution in [0.15, 0.2) is 0 Å². The van der Waals surface area contributed by atoms with Gasteiger partial charge in [-0.2, -0.15) is 0 Å². The Morgan fingerprint density at radius 3 is 2.55 bits per heavy atom. The highest BCUT2D eigenvalue weighted by Crippen LogP contribution is 2.24. The molecule has 1 heterocycles. The van der Waals surface area contributed by atoms with E-state index in [1.807, 2.05) is 0 Å². The van der Waals surface area contributed by atoms with Gasteiger partial charge in [0.1, 0.15) is 0 Å². The van der Waals surface area contributed by atoms with Gasteiger partial charge in [-0.25, -0.2) is 0 Å². The predicted octanol–water partition coefficient (Wildman–Crippen LogP) is 1.74. The van der Waals surface area contributed by atoms with Crippen molar-refractivity contribution in [2.45, 2.75) is 65.2 Å². The number of nitrogens with one attached hydrogen (secondary N) is 2. The topological polar surface area (TPSA) is 97.0 Å². The molecule has 0 aromatic rings. The number of thioether (sulfide) groups is 1. The molecule has 1 saturated heterocycles. The summed E-state index contributed by atoms with van der Waals surface area (Å²) in [6, 6.07) is 0. The fraction of sp³-hybridized carbons (Fsp3) is 0.850. The van der Waals surface area contributed by atoms with Crippen LogP contribution in [-0.2, 0) is 23.9 Å². The van der Waals surface area contributed by atoms with E-state index in [0.29, 0.717) is 25.8 Å². The number of imide groups is 1. The molecule has 1 aliphatic rings. The molecule has 1 atom stereocenters. The maximum atomic E-state index is 12.3. The van der Waals surface area contributed by atoms with Gasteiger partial charge in [0.2, 0.25) is 17.7 Å². The summed E-state index contributed by atoms with van der Waals surface area (Å²) in [6.07, 6.45) is 0.988. The highest BCUT2D eigenvalue weighted by Gasteiger charge is 2.38. The van der Waals surface area contributed by atoms with Crippen LogP contribution in [0.1, 0.15) is 54.4 Å². The summed E-state index contributed by atoms with van der Waals surface area (Å²) in [5.74, 6) is -0.0339. The minimum Gasteiger partial charge on any atom is -0.375 e. The van der Waals surface area contributed by atoms with E-state index < -0.39 is 0 Å². The largest absolute Gasteiger partial charge is 0.375 e. The Bertz CT molecular complexity index is 563. The second-order valence-electron chi connectivity index (χ2n) is 9.03. The highest BCUT2D eigenvalue weighted by molar-refractivity contribution is 8.00. The highest BCUT2D eigenvalue weighted by atomic mass is 32.2. The quantitative estimate of drug-likeness (QED) is 0.260. The monoisotopic (exact) mass is 431 g/mol. The maximum Gasteiger partial charge on any atom is 0.242 e. The van der Waals surface area contributed by atoms with Crippen molar-refractivity contribution in [3.63, 3.8) is 0 Å². The Kier molecular flexibility index (Phi) is 10.6. The van der Waals surface area contributed by atoms with Gasteiger partial charge in [-0.05, 0) is 25.7 Å². The average Bonchev–Trinajstić information content (AvgIpc) is 2.86. The predicted molar refractivity (Wildman–Crippen MR) is 114 cm³/mol. The lowest BCUT2D eigenvalue weighted by Crippen LogP contribution is -2.38. The molecular formula is C20H37N3O5S. The van der Waals surface area contributed by atoms with Crippen LogP contribution < -0.4 is 10.6 Å². The Morgan fingerprint density at radius 1 is 1.24 bits per heavy atom. The number of hydrogen-bond donors (Lipinski definition) is 2. The zero-order chi connectivity index (χ0) is 22.1. The summed E-state index contributed by atoms with van der Waals surface area (Å²) in [5, 5.41) is 5.34. The molecule has 3 amide bonds. The van der Waals surface area contributed by atoms with Gasteiger partial charge >= 0.3 is 0 Å². The van der Waals surface area contributed by atoms with Gasteiger partial charge in [0, 0.05) is 32.3 Å². The summed E-state index contributed by atoms with van der Waals surface area (Å²) in [5.41, 5.74) is -0.102. The third kappa shape index (κ3) is 11.0. The van der Waals surface area contributed by atoms with E-state index in [2.05, 4.69) is 45.3 Å². The molecule has 8 nitrogen and oxygen atoms in total. The molecule has 0 radical (unpaired) electrons. The fourth-order valence-electron chi connectivity index (χ4n) is 2.51. The zero-order valence-electron chi connectivity index (χ0n) is 18.6. The molecule has 1 aliphatic heterocycles. The van der Waals surface area contributed by atoms with Crippen molar-refractivity contribution >= 4 is 29.5 Å². The molecule has 0 saturated carbocycles. The van der Waals surface area contributed by atoms with Gasteiger partial charge in [-0.3, -0.25) is 24.6 Å². The lowest BCUT2D eigenvalue weighted by molar-refractivity contribution is -0.138. The van der Waals surface area contributed by atoms with Crippen LogP contribution in [0.2, 0.25) is 0 Å². The fourth-order valence-corrected chi connectivity index (χ4v) is 3.44. The molecule has 0 bridgehead atoms. The van der Waals surface area contributed by atoms with Gasteiger partial charge in [-0.15, -0.1) is 11.8 Å². The number of rotatable bonds is 13. The number of likely N-dealkylation sites (tertiary alicyclic amines) is 1. The number of ether oxygens (including phenoxy) is 2. The second kappa shape index (κ2) is 11.9. The van der Waals surface area contributed by atoms with Crippen LogP contribution in [0, 0.1) is 5.41 Å². The third-order valence-electron chi connectivity index (χ3n) is 4.25. The summed E-state index contributed by atoms with van der Waals surface area (Å²) in [4.78, 5) is 36.4. The second-order valence-corrected chi connectivity index (χ2v) is 10.2. The third-order valence-corrected chi connectivity index (χ3v) is 5.39. The van der Waals surface area contributed by atoms with Crippen molar-refractivity contribution in [3.8, 4) is 0 Å². The van der Waals surface area contributed by atoms with Gasteiger partial charge in [0.05, 0.1) is 30.8 Å². The Morgan fingerprint density at radius 2 is 1.93 bits per heavy atom. The zero-order valence-corrected chi connectivity index (χ0v) is 19.4. The number of carbonyl (C=O) groups is 3. The maximum absolute atomic E-state index is 12.3. The van der Waals surface area contributed by atoms with Crippen LogP contribution in [0.25, 0.3) is 0 Å². The molecule has 1 rings (SSSR count). The first kappa shape index (κ1) is 25.9. The minimum atomic E-state index is -0.378. The molecule has 29 heavy (non-hydrogen) atoms. The van der Waals surface area contributed by atoms with Crippen molar-refractivity contribution in [2.24, 2.45) is 5.41 Å². The summed E-state index contributed by atoms with van der Waals surface area (Å²) >= 11 is 1.40. The number of hydrogen-bond acceptors (Lipinski definition) is 7. The first-order valence-corrected chi connectivity index (χ1v) is 11.1. The van der Waals surface area contributed by atoms with Gasteiger partial charge in [0.25, 0.3) is 0 Å². The molecule has 0 aromatic carbocycles. The number of amides is 3. The van der Waals surface area contributed by atoms with E-state index >= 15 is 0 Å². The average molecular weight is 432 g/mol. The normalized spacial score (nSPS) is 17.9. The van der Waals surface area contributed by atoms with Crippen LogP contribution in [0.5, 0.6) is 0 Å². The van der Waals surface area contributed by atoms with Crippen LogP contribution >= 0.6 is 11.8 Å². The lowest BCUT2D eigenvalue weighted by Gasteiger charge is -2.29. The Hall–Kier alpha value is -1.16. The molecule has 2 N–H and O–H groups in total. The summed E-state index contributed by atoms with van der Waals surface area (Å²) in [7, 11) is 0.